The molecular formula is C23H17N2OPt-. The number of phenolic OH excluding ortho intramolecular Hbond substituents is 1. The molecule has 0 spiro atoms. The van der Waals surface area contributed by atoms with Gasteiger partial charge in [-0.05, 0) is 41.9 Å². The van der Waals surface area contributed by atoms with Crippen LogP contribution in [0.2, 0.25) is 0 Å². The van der Waals surface area contributed by atoms with Gasteiger partial charge in [0.25, 0.3) is 0 Å². The standard InChI is InChI=1S/C23H17N2O.Pt/c26-23-13-2-1-8-19(23)16-17-7-5-9-18(15-17)20-11-6-12-22(25-20)21-10-3-4-14-24-21;/h1-14,26H,16H2;/q-1;. The fraction of sp³-hybridized carbons (Fsp3) is 0.0435. The zero-order valence-corrected chi connectivity index (χ0v) is 16.7. The predicted molar refractivity (Wildman–Crippen MR) is 103 cm³/mol. The second kappa shape index (κ2) is 8.74. The Hall–Kier alpha value is -2.77. The Morgan fingerprint density at radius 2 is 1.48 bits per heavy atom. The molecule has 0 unspecified atom stereocenters. The number of benzene rings is 2. The molecule has 0 radical (unpaired) electrons. The molecule has 0 saturated heterocycles. The van der Waals surface area contributed by atoms with Crippen LogP contribution < -0.4 is 0 Å². The summed E-state index contributed by atoms with van der Waals surface area (Å²) in [5.41, 5.74) is 5.36. The van der Waals surface area contributed by atoms with Crippen molar-refractivity contribution in [3.63, 3.8) is 0 Å². The molecule has 0 amide bonds. The SMILES string of the molecule is Oc1ccccc1Cc1[c-]c(-c2cccc(-c3ccccn3)n2)ccc1.[Pt]. The van der Waals surface area contributed by atoms with Crippen molar-refractivity contribution in [1.29, 1.82) is 0 Å². The molecular weight excluding hydrogens is 515 g/mol. The Bertz CT molecular complexity index is 1030. The van der Waals surface area contributed by atoms with Crippen LogP contribution in [0.4, 0.5) is 0 Å². The number of hydrogen-bond acceptors (Lipinski definition) is 3. The van der Waals surface area contributed by atoms with E-state index in [1.807, 2.05) is 72.8 Å². The van der Waals surface area contributed by atoms with E-state index in [4.69, 9.17) is 4.98 Å². The van der Waals surface area contributed by atoms with E-state index in [1.54, 1.807) is 12.3 Å². The van der Waals surface area contributed by atoms with E-state index in [9.17, 15) is 5.11 Å². The third-order valence-electron chi connectivity index (χ3n) is 4.18. The molecule has 1 N–H and O–H groups in total. The first kappa shape index (κ1) is 19.0. The maximum Gasteiger partial charge on any atom is 0.119 e. The van der Waals surface area contributed by atoms with E-state index in [2.05, 4.69) is 11.1 Å². The van der Waals surface area contributed by atoms with Crippen molar-refractivity contribution in [2.24, 2.45) is 0 Å². The Morgan fingerprint density at radius 3 is 2.30 bits per heavy atom. The Labute approximate surface area is 173 Å². The van der Waals surface area contributed by atoms with E-state index in [1.165, 1.54) is 0 Å². The molecule has 2 aromatic heterocycles. The van der Waals surface area contributed by atoms with Gasteiger partial charge in [0, 0.05) is 27.3 Å². The van der Waals surface area contributed by atoms with Crippen molar-refractivity contribution in [2.75, 3.05) is 0 Å². The van der Waals surface area contributed by atoms with E-state index in [-0.39, 0.29) is 21.1 Å². The van der Waals surface area contributed by atoms with Crippen molar-refractivity contribution in [2.45, 2.75) is 6.42 Å². The average molecular weight is 532 g/mol. The van der Waals surface area contributed by atoms with Crippen LogP contribution in [0.25, 0.3) is 22.6 Å². The normalized spacial score (nSPS) is 10.2. The third kappa shape index (κ3) is 4.50. The molecule has 4 aromatic rings. The predicted octanol–water partition coefficient (Wildman–Crippen LogP) is 4.90. The first-order valence-corrected chi connectivity index (χ1v) is 8.46. The number of pyridine rings is 2. The van der Waals surface area contributed by atoms with Crippen LogP contribution in [0.15, 0.2) is 85.1 Å². The zero-order chi connectivity index (χ0) is 17.8. The maximum atomic E-state index is 9.99. The van der Waals surface area contributed by atoms with E-state index >= 15 is 0 Å². The number of rotatable bonds is 4. The van der Waals surface area contributed by atoms with E-state index in [0.717, 1.165) is 33.8 Å². The number of aromatic nitrogens is 2. The van der Waals surface area contributed by atoms with Crippen LogP contribution in [0.3, 0.4) is 0 Å². The maximum absolute atomic E-state index is 9.99. The van der Waals surface area contributed by atoms with Gasteiger partial charge in [0.05, 0.1) is 11.4 Å². The molecule has 0 saturated carbocycles. The Balaban J connectivity index is 0.00000210. The average Bonchev–Trinajstić information content (AvgIpc) is 2.71. The van der Waals surface area contributed by atoms with Gasteiger partial charge in [-0.1, -0.05) is 36.4 Å². The monoisotopic (exact) mass is 532 g/mol. The smallest absolute Gasteiger partial charge is 0.119 e. The molecule has 0 aliphatic heterocycles. The minimum atomic E-state index is 0. The zero-order valence-electron chi connectivity index (χ0n) is 14.4. The van der Waals surface area contributed by atoms with Crippen LogP contribution in [0.5, 0.6) is 5.75 Å². The van der Waals surface area contributed by atoms with Gasteiger partial charge < -0.3 is 5.11 Å². The molecule has 0 bridgehead atoms. The van der Waals surface area contributed by atoms with Crippen LogP contribution in [-0.2, 0) is 27.5 Å². The summed E-state index contributed by atoms with van der Waals surface area (Å²) in [5.74, 6) is 0.307. The Kier molecular flexibility index (Phi) is 6.15. The van der Waals surface area contributed by atoms with Crippen LogP contribution >= 0.6 is 0 Å². The van der Waals surface area contributed by atoms with Gasteiger partial charge >= 0.3 is 0 Å². The van der Waals surface area contributed by atoms with E-state index in [0.29, 0.717) is 12.2 Å². The first-order valence-electron chi connectivity index (χ1n) is 8.46. The first-order chi connectivity index (χ1) is 12.8. The molecule has 136 valence electrons. The second-order valence-electron chi connectivity index (χ2n) is 6.02. The number of para-hydroxylation sites is 1. The topological polar surface area (TPSA) is 46.0 Å². The molecule has 0 aliphatic carbocycles. The van der Waals surface area contributed by atoms with Crippen molar-refractivity contribution in [1.82, 2.24) is 9.97 Å². The summed E-state index contributed by atoms with van der Waals surface area (Å²) in [4.78, 5) is 9.10. The van der Waals surface area contributed by atoms with Crippen LogP contribution in [0, 0.1) is 6.07 Å². The van der Waals surface area contributed by atoms with Crippen LogP contribution in [0.1, 0.15) is 11.1 Å². The minimum absolute atomic E-state index is 0. The van der Waals surface area contributed by atoms with Crippen molar-refractivity contribution in [3.05, 3.63) is 102 Å². The summed E-state index contributed by atoms with van der Waals surface area (Å²) in [6, 6.07) is 28.5. The molecule has 27 heavy (non-hydrogen) atoms. The van der Waals surface area contributed by atoms with Gasteiger partial charge in [0.1, 0.15) is 5.75 Å². The van der Waals surface area contributed by atoms with Gasteiger partial charge in [-0.2, -0.15) is 0 Å². The van der Waals surface area contributed by atoms with Gasteiger partial charge in [0.2, 0.25) is 0 Å². The fourth-order valence-electron chi connectivity index (χ4n) is 2.88. The number of aromatic hydroxyl groups is 1. The van der Waals surface area contributed by atoms with Gasteiger partial charge in [-0.15, -0.1) is 35.4 Å². The van der Waals surface area contributed by atoms with E-state index < -0.39 is 0 Å². The molecule has 4 heteroatoms. The molecule has 3 nitrogen and oxygen atoms in total. The van der Waals surface area contributed by atoms with Gasteiger partial charge in [-0.25, -0.2) is 0 Å². The van der Waals surface area contributed by atoms with Crippen LogP contribution in [-0.4, -0.2) is 15.1 Å². The third-order valence-corrected chi connectivity index (χ3v) is 4.18. The summed E-state index contributed by atoms with van der Waals surface area (Å²) in [6.07, 6.45) is 2.39. The molecule has 4 rings (SSSR count). The second-order valence-corrected chi connectivity index (χ2v) is 6.02. The summed E-state index contributed by atoms with van der Waals surface area (Å²) >= 11 is 0. The van der Waals surface area contributed by atoms with Crippen molar-refractivity contribution < 1.29 is 26.2 Å². The largest absolute Gasteiger partial charge is 0.508 e. The summed E-state index contributed by atoms with van der Waals surface area (Å²) in [6.45, 7) is 0. The summed E-state index contributed by atoms with van der Waals surface area (Å²) in [5, 5.41) is 9.99. The van der Waals surface area contributed by atoms with Gasteiger partial charge in [0.15, 0.2) is 0 Å². The number of nitrogens with zero attached hydrogens (tertiary/aromatic N) is 2. The molecule has 0 atom stereocenters. The summed E-state index contributed by atoms with van der Waals surface area (Å²) < 4.78 is 0. The number of phenols is 1. The summed E-state index contributed by atoms with van der Waals surface area (Å²) in [7, 11) is 0. The number of hydrogen-bond donors (Lipinski definition) is 1. The molecule has 2 aromatic carbocycles. The Morgan fingerprint density at radius 1 is 0.741 bits per heavy atom. The van der Waals surface area contributed by atoms with Crippen molar-refractivity contribution in [3.8, 4) is 28.4 Å². The van der Waals surface area contributed by atoms with Gasteiger partial charge in [-0.3, -0.25) is 9.97 Å². The molecule has 0 aliphatic rings. The quantitative estimate of drug-likeness (QED) is 0.381. The minimum Gasteiger partial charge on any atom is -0.508 e. The molecule has 2 heterocycles. The van der Waals surface area contributed by atoms with Crippen molar-refractivity contribution >= 4 is 0 Å². The molecule has 0 fully saturated rings. The fourth-order valence-corrected chi connectivity index (χ4v) is 2.88.